The first-order valence-electron chi connectivity index (χ1n) is 12.9. The Morgan fingerprint density at radius 1 is 1.05 bits per heavy atom. The topological polar surface area (TPSA) is 118 Å². The maximum absolute atomic E-state index is 13.4. The summed E-state index contributed by atoms with van der Waals surface area (Å²) in [7, 11) is 3.23. The Labute approximate surface area is 224 Å². The van der Waals surface area contributed by atoms with Crippen molar-refractivity contribution in [3.05, 3.63) is 63.1 Å². The molecule has 0 saturated carbocycles. The number of ether oxygens (including phenoxy) is 3. The van der Waals surface area contributed by atoms with Gasteiger partial charge in [-0.3, -0.25) is 13.9 Å². The number of hydrogen-bond donors (Lipinski definition) is 0. The van der Waals surface area contributed by atoms with Crippen LogP contribution in [0, 0.1) is 6.92 Å². The van der Waals surface area contributed by atoms with Gasteiger partial charge in [-0.25, -0.2) is 19.6 Å². The predicted octanol–water partition coefficient (Wildman–Crippen LogP) is 2.74. The number of aryl methyl sites for hydroxylation is 2. The fraction of sp³-hybridized carbons (Fsp3) is 0.393. The molecule has 2 aromatic heterocycles. The molecule has 0 unspecified atom stereocenters. The number of hydrogen-bond acceptors (Lipinski definition) is 9. The zero-order valence-corrected chi connectivity index (χ0v) is 22.5. The maximum Gasteiger partial charge on any atom is 0.344 e. The van der Waals surface area contributed by atoms with Crippen molar-refractivity contribution >= 4 is 33.6 Å². The number of nitrogens with zero attached hydrogens (tertiary/aromatic N) is 5. The molecular formula is C28H31N5O6. The Morgan fingerprint density at radius 3 is 2.54 bits per heavy atom. The van der Waals surface area contributed by atoms with E-state index in [0.29, 0.717) is 53.8 Å². The Hall–Kier alpha value is -4.41. The number of carbonyl (C=O) groups excluding carboxylic acids is 1. The second-order valence-electron chi connectivity index (χ2n) is 9.57. The standard InChI is InChI=1S/C28H31N5O6/c1-5-38-25(34)15-39-24-14-21-19(13-23(24)37-4)26(30-16-29-21)32-10-8-18(9-11-32)33-27(35)20-12-17(2)6-7-22(20)31(3)28(33)36/h6-7,12-14,16,18H,5,8-11,15H2,1-4H3. The van der Waals surface area contributed by atoms with E-state index in [4.69, 9.17) is 14.2 Å². The molecule has 1 aliphatic heterocycles. The molecule has 1 fully saturated rings. The van der Waals surface area contributed by atoms with Crippen molar-refractivity contribution in [1.29, 1.82) is 0 Å². The molecule has 0 aliphatic carbocycles. The molecule has 11 heteroatoms. The van der Waals surface area contributed by atoms with Gasteiger partial charge in [0.05, 0.1) is 30.1 Å². The zero-order chi connectivity index (χ0) is 27.7. The monoisotopic (exact) mass is 533 g/mol. The summed E-state index contributed by atoms with van der Waals surface area (Å²) in [4.78, 5) is 49.4. The molecule has 0 bridgehead atoms. The van der Waals surface area contributed by atoms with Crippen molar-refractivity contribution in [2.24, 2.45) is 7.05 Å². The van der Waals surface area contributed by atoms with E-state index < -0.39 is 5.97 Å². The molecule has 0 radical (unpaired) electrons. The third-order valence-electron chi connectivity index (χ3n) is 7.14. The van der Waals surface area contributed by atoms with Crippen LogP contribution in [0.3, 0.4) is 0 Å². The van der Waals surface area contributed by atoms with Crippen molar-refractivity contribution in [2.45, 2.75) is 32.7 Å². The number of benzene rings is 2. The lowest BCUT2D eigenvalue weighted by Gasteiger charge is -2.34. The molecule has 0 N–H and O–H groups in total. The highest BCUT2D eigenvalue weighted by atomic mass is 16.6. The van der Waals surface area contributed by atoms with E-state index in [1.165, 1.54) is 18.0 Å². The minimum Gasteiger partial charge on any atom is -0.493 e. The number of fused-ring (bicyclic) bond motifs is 2. The number of methoxy groups -OCH3 is 1. The van der Waals surface area contributed by atoms with Crippen molar-refractivity contribution in [1.82, 2.24) is 19.1 Å². The third kappa shape index (κ3) is 4.91. The van der Waals surface area contributed by atoms with Gasteiger partial charge in [-0.1, -0.05) is 11.6 Å². The van der Waals surface area contributed by atoms with Crippen LogP contribution in [0.25, 0.3) is 21.8 Å². The molecule has 39 heavy (non-hydrogen) atoms. The van der Waals surface area contributed by atoms with Crippen LogP contribution in [-0.2, 0) is 16.6 Å². The van der Waals surface area contributed by atoms with Crippen molar-refractivity contribution in [3.8, 4) is 11.5 Å². The average molecular weight is 534 g/mol. The van der Waals surface area contributed by atoms with E-state index in [-0.39, 0.29) is 30.5 Å². The van der Waals surface area contributed by atoms with Gasteiger partial charge in [0.15, 0.2) is 18.1 Å². The van der Waals surface area contributed by atoms with Gasteiger partial charge in [-0.2, -0.15) is 0 Å². The van der Waals surface area contributed by atoms with E-state index >= 15 is 0 Å². The van der Waals surface area contributed by atoms with Gasteiger partial charge in [0.25, 0.3) is 5.56 Å². The number of aromatic nitrogens is 4. The summed E-state index contributed by atoms with van der Waals surface area (Å²) < 4.78 is 19.0. The fourth-order valence-electron chi connectivity index (χ4n) is 5.17. The highest BCUT2D eigenvalue weighted by Crippen LogP contribution is 2.36. The summed E-state index contributed by atoms with van der Waals surface area (Å²) in [6, 6.07) is 8.86. The summed E-state index contributed by atoms with van der Waals surface area (Å²) in [6.07, 6.45) is 2.70. The van der Waals surface area contributed by atoms with E-state index in [1.807, 2.05) is 25.1 Å². The highest BCUT2D eigenvalue weighted by molar-refractivity contribution is 5.92. The second-order valence-corrected chi connectivity index (χ2v) is 9.57. The Morgan fingerprint density at radius 2 is 1.82 bits per heavy atom. The van der Waals surface area contributed by atoms with Crippen LogP contribution in [0.4, 0.5) is 5.82 Å². The molecule has 1 saturated heterocycles. The number of piperidine rings is 1. The van der Waals surface area contributed by atoms with Crippen LogP contribution in [0.2, 0.25) is 0 Å². The van der Waals surface area contributed by atoms with Crippen molar-refractivity contribution in [3.63, 3.8) is 0 Å². The molecule has 5 rings (SSSR count). The Kier molecular flexibility index (Phi) is 7.23. The van der Waals surface area contributed by atoms with Crippen LogP contribution in [0.5, 0.6) is 11.5 Å². The Balaban J connectivity index is 1.41. The van der Waals surface area contributed by atoms with Gasteiger partial charge < -0.3 is 19.1 Å². The molecule has 1 aliphatic rings. The minimum absolute atomic E-state index is 0.220. The van der Waals surface area contributed by atoms with Gasteiger partial charge in [0, 0.05) is 37.6 Å². The van der Waals surface area contributed by atoms with Crippen LogP contribution < -0.4 is 25.6 Å². The van der Waals surface area contributed by atoms with Gasteiger partial charge in [-0.05, 0) is 44.9 Å². The van der Waals surface area contributed by atoms with Gasteiger partial charge in [-0.15, -0.1) is 0 Å². The van der Waals surface area contributed by atoms with Gasteiger partial charge in [0.2, 0.25) is 0 Å². The third-order valence-corrected chi connectivity index (χ3v) is 7.14. The molecule has 4 aromatic rings. The minimum atomic E-state index is -0.471. The van der Waals surface area contributed by atoms with E-state index in [9.17, 15) is 14.4 Å². The summed E-state index contributed by atoms with van der Waals surface area (Å²) in [5, 5.41) is 1.32. The highest BCUT2D eigenvalue weighted by Gasteiger charge is 2.27. The molecular weight excluding hydrogens is 502 g/mol. The molecule has 3 heterocycles. The van der Waals surface area contributed by atoms with Gasteiger partial charge >= 0.3 is 11.7 Å². The molecule has 0 atom stereocenters. The largest absolute Gasteiger partial charge is 0.493 e. The first kappa shape index (κ1) is 26.2. The SMILES string of the molecule is CCOC(=O)COc1cc2ncnc(N3CCC(n4c(=O)c5cc(C)ccc5n(C)c4=O)CC3)c2cc1OC. The molecule has 2 aromatic carbocycles. The number of carbonyl (C=O) groups is 1. The predicted molar refractivity (Wildman–Crippen MR) is 147 cm³/mol. The zero-order valence-electron chi connectivity index (χ0n) is 22.5. The van der Waals surface area contributed by atoms with Crippen molar-refractivity contribution < 1.29 is 19.0 Å². The van der Waals surface area contributed by atoms with Crippen LogP contribution in [0.1, 0.15) is 31.4 Å². The lowest BCUT2D eigenvalue weighted by molar-refractivity contribution is -0.145. The van der Waals surface area contributed by atoms with E-state index in [2.05, 4.69) is 14.9 Å². The Bertz CT molecular complexity index is 1670. The summed E-state index contributed by atoms with van der Waals surface area (Å²) >= 11 is 0. The first-order chi connectivity index (χ1) is 18.8. The van der Waals surface area contributed by atoms with Crippen LogP contribution >= 0.6 is 0 Å². The van der Waals surface area contributed by atoms with E-state index in [1.54, 1.807) is 30.7 Å². The lowest BCUT2D eigenvalue weighted by atomic mass is 10.0. The molecule has 11 nitrogen and oxygen atoms in total. The molecule has 0 spiro atoms. The van der Waals surface area contributed by atoms with Gasteiger partial charge in [0.1, 0.15) is 12.1 Å². The summed E-state index contributed by atoms with van der Waals surface area (Å²) in [5.74, 6) is 1.08. The lowest BCUT2D eigenvalue weighted by Crippen LogP contribution is -2.45. The smallest absolute Gasteiger partial charge is 0.344 e. The summed E-state index contributed by atoms with van der Waals surface area (Å²) in [5.41, 5.74) is 1.69. The fourth-order valence-corrected chi connectivity index (χ4v) is 5.17. The molecule has 204 valence electrons. The average Bonchev–Trinajstić information content (AvgIpc) is 2.94. The summed E-state index contributed by atoms with van der Waals surface area (Å²) in [6.45, 7) is 4.89. The van der Waals surface area contributed by atoms with Crippen molar-refractivity contribution in [2.75, 3.05) is 38.3 Å². The number of rotatable bonds is 7. The second kappa shape index (κ2) is 10.8. The normalized spacial score (nSPS) is 14.1. The quantitative estimate of drug-likeness (QED) is 0.331. The van der Waals surface area contributed by atoms with Crippen LogP contribution in [0.15, 0.2) is 46.2 Å². The number of anilines is 1. The maximum atomic E-state index is 13.4. The molecule has 0 amide bonds. The first-order valence-corrected chi connectivity index (χ1v) is 12.9. The number of esters is 1. The van der Waals surface area contributed by atoms with Crippen LogP contribution in [-0.4, -0.2) is 58.5 Å². The van der Waals surface area contributed by atoms with E-state index in [0.717, 1.165) is 16.8 Å².